The van der Waals surface area contributed by atoms with Crippen molar-refractivity contribution in [3.05, 3.63) is 65.3 Å². The third-order valence-corrected chi connectivity index (χ3v) is 6.10. The van der Waals surface area contributed by atoms with Crippen molar-refractivity contribution in [1.29, 1.82) is 5.26 Å². The number of fused-ring (bicyclic) bond motifs is 3. The number of nitrogens with zero attached hydrogens (tertiary/aromatic N) is 4. The van der Waals surface area contributed by atoms with Gasteiger partial charge in [0.2, 0.25) is 0 Å². The van der Waals surface area contributed by atoms with E-state index in [-0.39, 0.29) is 0 Å². The van der Waals surface area contributed by atoms with E-state index in [1.165, 1.54) is 15.6 Å². The third kappa shape index (κ3) is 2.42. The quantitative estimate of drug-likeness (QED) is 0.522. The van der Waals surface area contributed by atoms with Crippen LogP contribution in [0, 0.1) is 11.3 Å². The number of nitriles is 1. The Bertz CT molecular complexity index is 1140. The SMILES string of the molecule is N#Cc1ccc2c(c1)nc(N1CCC(c3cccnc3)C1)c1ccsc12. The summed E-state index contributed by atoms with van der Waals surface area (Å²) in [6, 6.07) is 14.3. The Balaban J connectivity index is 1.60. The smallest absolute Gasteiger partial charge is 0.138 e. The summed E-state index contributed by atoms with van der Waals surface area (Å²) >= 11 is 1.74. The molecular weight excluding hydrogens is 340 g/mol. The highest BCUT2D eigenvalue weighted by molar-refractivity contribution is 7.18. The molecule has 4 heterocycles. The van der Waals surface area contributed by atoms with Gasteiger partial charge in [-0.15, -0.1) is 11.3 Å². The number of anilines is 1. The number of benzene rings is 1. The highest BCUT2D eigenvalue weighted by Crippen LogP contribution is 2.38. The molecule has 5 rings (SSSR count). The van der Waals surface area contributed by atoms with E-state index in [0.29, 0.717) is 11.5 Å². The van der Waals surface area contributed by atoms with E-state index in [0.717, 1.165) is 36.2 Å². The molecule has 1 unspecified atom stereocenters. The van der Waals surface area contributed by atoms with E-state index in [1.54, 1.807) is 11.3 Å². The molecule has 1 saturated heterocycles. The van der Waals surface area contributed by atoms with Crippen molar-refractivity contribution in [2.75, 3.05) is 18.0 Å². The minimum atomic E-state index is 0.486. The van der Waals surface area contributed by atoms with Gasteiger partial charge in [-0.1, -0.05) is 12.1 Å². The fraction of sp³-hybridized carbons (Fsp3) is 0.190. The first-order valence-electron chi connectivity index (χ1n) is 8.69. The lowest BCUT2D eigenvalue weighted by Crippen LogP contribution is -2.20. The van der Waals surface area contributed by atoms with Gasteiger partial charge in [0, 0.05) is 46.9 Å². The fourth-order valence-corrected chi connectivity index (χ4v) is 4.76. The molecule has 1 aliphatic heterocycles. The number of thiophene rings is 1. The summed E-state index contributed by atoms with van der Waals surface area (Å²) in [5.74, 6) is 1.52. The summed E-state index contributed by atoms with van der Waals surface area (Å²) in [4.78, 5) is 11.6. The minimum absolute atomic E-state index is 0.486. The number of aromatic nitrogens is 2. The minimum Gasteiger partial charge on any atom is -0.355 e. The van der Waals surface area contributed by atoms with Crippen molar-refractivity contribution in [2.45, 2.75) is 12.3 Å². The van der Waals surface area contributed by atoms with Crippen molar-refractivity contribution in [3.8, 4) is 6.07 Å². The first-order chi connectivity index (χ1) is 12.8. The maximum absolute atomic E-state index is 9.22. The average molecular weight is 356 g/mol. The molecule has 26 heavy (non-hydrogen) atoms. The van der Waals surface area contributed by atoms with Crippen LogP contribution in [0.25, 0.3) is 21.0 Å². The van der Waals surface area contributed by atoms with E-state index in [4.69, 9.17) is 4.98 Å². The van der Waals surface area contributed by atoms with Crippen molar-refractivity contribution in [2.24, 2.45) is 0 Å². The summed E-state index contributed by atoms with van der Waals surface area (Å²) in [6.07, 6.45) is 4.90. The Labute approximate surface area is 155 Å². The Kier molecular flexibility index (Phi) is 3.58. The zero-order valence-corrected chi connectivity index (χ0v) is 14.9. The van der Waals surface area contributed by atoms with Crippen LogP contribution in [0.4, 0.5) is 5.82 Å². The van der Waals surface area contributed by atoms with Crippen molar-refractivity contribution in [3.63, 3.8) is 0 Å². The molecule has 0 aliphatic carbocycles. The van der Waals surface area contributed by atoms with Crippen LogP contribution in [-0.2, 0) is 0 Å². The van der Waals surface area contributed by atoms with Gasteiger partial charge in [0.1, 0.15) is 5.82 Å². The van der Waals surface area contributed by atoms with Crippen LogP contribution in [0.1, 0.15) is 23.5 Å². The van der Waals surface area contributed by atoms with E-state index in [1.807, 2.05) is 36.7 Å². The molecule has 4 nitrogen and oxygen atoms in total. The second kappa shape index (κ2) is 6.08. The molecule has 126 valence electrons. The van der Waals surface area contributed by atoms with E-state index >= 15 is 0 Å². The van der Waals surface area contributed by atoms with Gasteiger partial charge in [-0.2, -0.15) is 5.26 Å². The zero-order chi connectivity index (χ0) is 17.5. The summed E-state index contributed by atoms with van der Waals surface area (Å²) in [7, 11) is 0. The molecule has 3 aromatic heterocycles. The molecular formula is C21H16N4S. The molecule has 0 radical (unpaired) electrons. The number of pyridine rings is 2. The van der Waals surface area contributed by atoms with E-state index in [2.05, 4.69) is 33.5 Å². The van der Waals surface area contributed by atoms with Gasteiger partial charge in [0.05, 0.1) is 17.1 Å². The molecule has 1 fully saturated rings. The zero-order valence-electron chi connectivity index (χ0n) is 14.1. The van der Waals surface area contributed by atoms with Gasteiger partial charge >= 0.3 is 0 Å². The Morgan fingerprint density at radius 2 is 2.15 bits per heavy atom. The van der Waals surface area contributed by atoms with E-state index < -0.39 is 0 Å². The molecule has 1 aliphatic rings. The molecule has 0 spiro atoms. The standard InChI is InChI=1S/C21H16N4S/c22-11-14-3-4-17-19(10-14)24-21(18-6-9-26-20(17)18)25-8-5-16(13-25)15-2-1-7-23-12-15/h1-4,6-7,9-10,12,16H,5,8,13H2. The molecule has 1 aromatic carbocycles. The van der Waals surface area contributed by atoms with Crippen LogP contribution in [0.2, 0.25) is 0 Å². The van der Waals surface area contributed by atoms with Gasteiger partial charge in [0.15, 0.2) is 0 Å². The van der Waals surface area contributed by atoms with Gasteiger partial charge < -0.3 is 4.90 Å². The lowest BCUT2D eigenvalue weighted by molar-refractivity contribution is 0.769. The second-order valence-electron chi connectivity index (χ2n) is 6.66. The maximum atomic E-state index is 9.22. The van der Waals surface area contributed by atoms with Crippen molar-refractivity contribution in [1.82, 2.24) is 9.97 Å². The lowest BCUT2D eigenvalue weighted by atomic mass is 10.0. The van der Waals surface area contributed by atoms with E-state index in [9.17, 15) is 5.26 Å². The largest absolute Gasteiger partial charge is 0.355 e. The first kappa shape index (κ1) is 15.3. The van der Waals surface area contributed by atoms with Gasteiger partial charge in [-0.25, -0.2) is 4.98 Å². The molecule has 1 atom stereocenters. The maximum Gasteiger partial charge on any atom is 0.138 e. The molecule has 0 N–H and O–H groups in total. The Morgan fingerprint density at radius 1 is 1.19 bits per heavy atom. The molecule has 4 aromatic rings. The van der Waals surface area contributed by atoms with Gasteiger partial charge in [-0.3, -0.25) is 4.98 Å². The predicted octanol–water partition coefficient (Wildman–Crippen LogP) is 4.71. The van der Waals surface area contributed by atoms with Crippen LogP contribution in [-0.4, -0.2) is 23.1 Å². The lowest BCUT2D eigenvalue weighted by Gasteiger charge is -2.19. The second-order valence-corrected chi connectivity index (χ2v) is 7.58. The van der Waals surface area contributed by atoms with Crippen LogP contribution in [0.15, 0.2) is 54.2 Å². The highest BCUT2D eigenvalue weighted by Gasteiger charge is 2.26. The molecule has 0 amide bonds. The van der Waals surface area contributed by atoms with Crippen LogP contribution in [0.5, 0.6) is 0 Å². The third-order valence-electron chi connectivity index (χ3n) is 5.15. The predicted molar refractivity (Wildman–Crippen MR) is 106 cm³/mol. The molecule has 0 bridgehead atoms. The van der Waals surface area contributed by atoms with Gasteiger partial charge in [-0.05, 0) is 41.6 Å². The number of rotatable bonds is 2. The van der Waals surface area contributed by atoms with Crippen molar-refractivity contribution >= 4 is 38.1 Å². The number of hydrogen-bond donors (Lipinski definition) is 0. The Hall–Kier alpha value is -2.97. The highest BCUT2D eigenvalue weighted by atomic mass is 32.1. The normalized spacial score (nSPS) is 17.0. The molecule has 0 saturated carbocycles. The summed E-state index contributed by atoms with van der Waals surface area (Å²) < 4.78 is 1.25. The topological polar surface area (TPSA) is 52.8 Å². The van der Waals surface area contributed by atoms with Crippen molar-refractivity contribution < 1.29 is 0 Å². The first-order valence-corrected chi connectivity index (χ1v) is 9.57. The van der Waals surface area contributed by atoms with Gasteiger partial charge in [0.25, 0.3) is 0 Å². The summed E-state index contributed by atoms with van der Waals surface area (Å²) in [6.45, 7) is 1.94. The van der Waals surface area contributed by atoms with Crippen LogP contribution in [0.3, 0.4) is 0 Å². The summed E-state index contributed by atoms with van der Waals surface area (Å²) in [5.41, 5.74) is 2.85. The number of hydrogen-bond acceptors (Lipinski definition) is 5. The Morgan fingerprint density at radius 3 is 3.00 bits per heavy atom. The fourth-order valence-electron chi connectivity index (χ4n) is 3.84. The average Bonchev–Trinajstić information content (AvgIpc) is 3.37. The molecule has 5 heteroatoms. The monoisotopic (exact) mass is 356 g/mol. The van der Waals surface area contributed by atoms with Crippen LogP contribution >= 0.6 is 11.3 Å². The van der Waals surface area contributed by atoms with Crippen LogP contribution < -0.4 is 4.90 Å². The summed E-state index contributed by atoms with van der Waals surface area (Å²) in [5, 5.41) is 13.7.